The number of hydrogen-bond donors (Lipinski definition) is 3. The van der Waals surface area contributed by atoms with Gasteiger partial charge in [-0.3, -0.25) is 14.4 Å². The fourth-order valence-electron chi connectivity index (χ4n) is 3.12. The van der Waals surface area contributed by atoms with Gasteiger partial charge in [0.2, 0.25) is 5.91 Å². The molecule has 31 heavy (non-hydrogen) atoms. The molecule has 0 saturated heterocycles. The molecule has 0 spiro atoms. The molecule has 160 valence electrons. The second kappa shape index (κ2) is 9.25. The summed E-state index contributed by atoms with van der Waals surface area (Å²) in [7, 11) is 0. The number of rotatable bonds is 7. The van der Waals surface area contributed by atoms with E-state index < -0.39 is 36.0 Å². The minimum Gasteiger partial charge on any atom is -0.480 e. The van der Waals surface area contributed by atoms with Gasteiger partial charge >= 0.3 is 11.6 Å². The van der Waals surface area contributed by atoms with Gasteiger partial charge in [-0.05, 0) is 35.7 Å². The van der Waals surface area contributed by atoms with Crippen molar-refractivity contribution in [2.24, 2.45) is 5.92 Å². The molecular formula is C23H22N2O6. The number of carboxylic acid groups (broad SMARTS) is 1. The first-order chi connectivity index (χ1) is 14.8. The van der Waals surface area contributed by atoms with Crippen LogP contribution in [-0.2, 0) is 9.59 Å². The normalized spacial score (nSPS) is 11.8. The maximum Gasteiger partial charge on any atom is 0.344 e. The van der Waals surface area contributed by atoms with Crippen LogP contribution in [0.3, 0.4) is 0 Å². The molecule has 0 aliphatic rings. The molecule has 0 fully saturated rings. The molecule has 2 amide bonds. The minimum absolute atomic E-state index is 0.252. The van der Waals surface area contributed by atoms with Crippen LogP contribution in [0.25, 0.3) is 22.1 Å². The van der Waals surface area contributed by atoms with Crippen molar-refractivity contribution in [3.8, 4) is 11.1 Å². The summed E-state index contributed by atoms with van der Waals surface area (Å²) in [6.45, 7) is 2.94. The topological polar surface area (TPSA) is 126 Å². The monoisotopic (exact) mass is 422 g/mol. The summed E-state index contributed by atoms with van der Waals surface area (Å²) in [5, 5.41) is 14.4. The Kier molecular flexibility index (Phi) is 6.49. The van der Waals surface area contributed by atoms with E-state index >= 15 is 0 Å². The fourth-order valence-corrected chi connectivity index (χ4v) is 3.12. The van der Waals surface area contributed by atoms with Crippen LogP contribution in [0.2, 0.25) is 0 Å². The van der Waals surface area contributed by atoms with Gasteiger partial charge in [-0.2, -0.15) is 0 Å². The number of para-hydroxylation sites is 1. The molecule has 1 unspecified atom stereocenters. The quantitative estimate of drug-likeness (QED) is 0.502. The van der Waals surface area contributed by atoms with E-state index in [9.17, 15) is 19.2 Å². The van der Waals surface area contributed by atoms with Crippen LogP contribution in [0, 0.1) is 5.92 Å². The SMILES string of the molecule is CC(C)C(NC(=O)c1cccc(-c2cc3ccccc3oc2=O)c1)C(=O)NCC(=O)O. The number of carbonyl (C=O) groups excluding carboxylic acids is 2. The first-order valence-electron chi connectivity index (χ1n) is 9.70. The Balaban J connectivity index is 1.86. The highest BCUT2D eigenvalue weighted by Crippen LogP contribution is 2.22. The smallest absolute Gasteiger partial charge is 0.344 e. The summed E-state index contributed by atoms with van der Waals surface area (Å²) in [4.78, 5) is 48.2. The van der Waals surface area contributed by atoms with Crippen molar-refractivity contribution < 1.29 is 23.9 Å². The van der Waals surface area contributed by atoms with E-state index in [4.69, 9.17) is 9.52 Å². The van der Waals surface area contributed by atoms with E-state index in [2.05, 4.69) is 10.6 Å². The van der Waals surface area contributed by atoms with Crippen molar-refractivity contribution >= 4 is 28.8 Å². The van der Waals surface area contributed by atoms with E-state index in [1.165, 1.54) is 0 Å². The van der Waals surface area contributed by atoms with Gasteiger partial charge in [0.15, 0.2) is 0 Å². The van der Waals surface area contributed by atoms with Gasteiger partial charge in [0, 0.05) is 10.9 Å². The van der Waals surface area contributed by atoms with E-state index in [0.29, 0.717) is 16.7 Å². The van der Waals surface area contributed by atoms with E-state index in [-0.39, 0.29) is 11.5 Å². The molecule has 3 aromatic rings. The number of carbonyl (C=O) groups is 3. The summed E-state index contributed by atoms with van der Waals surface area (Å²) >= 11 is 0. The molecule has 1 heterocycles. The zero-order valence-corrected chi connectivity index (χ0v) is 17.0. The molecule has 0 aliphatic heterocycles. The molecule has 0 radical (unpaired) electrons. The lowest BCUT2D eigenvalue weighted by Gasteiger charge is -2.21. The predicted octanol–water partition coefficient (Wildman–Crippen LogP) is 2.42. The Morgan fingerprint density at radius 3 is 2.48 bits per heavy atom. The zero-order valence-electron chi connectivity index (χ0n) is 17.0. The first-order valence-corrected chi connectivity index (χ1v) is 9.70. The van der Waals surface area contributed by atoms with Gasteiger partial charge in [0.1, 0.15) is 18.2 Å². The summed E-state index contributed by atoms with van der Waals surface area (Å²) < 4.78 is 5.36. The Morgan fingerprint density at radius 2 is 1.77 bits per heavy atom. The van der Waals surface area contributed by atoms with Crippen molar-refractivity contribution in [2.75, 3.05) is 6.54 Å². The molecule has 0 bridgehead atoms. The Hall–Kier alpha value is -3.94. The van der Waals surface area contributed by atoms with Gasteiger partial charge in [0.05, 0.1) is 5.56 Å². The molecule has 3 rings (SSSR count). The third kappa shape index (κ3) is 5.16. The molecule has 0 aliphatic carbocycles. The van der Waals surface area contributed by atoms with E-state index in [1.54, 1.807) is 56.3 Å². The standard InChI is InChI=1S/C23H22N2O6/c1-13(2)20(22(29)24-12-19(26)27)25-21(28)16-8-5-7-14(10-16)17-11-15-6-3-4-9-18(15)31-23(17)30/h3-11,13,20H,12H2,1-2H3,(H,24,29)(H,25,28)(H,26,27). The summed E-state index contributed by atoms with van der Waals surface area (Å²) in [5.41, 5.74) is 1.01. The van der Waals surface area contributed by atoms with Crippen molar-refractivity contribution in [2.45, 2.75) is 19.9 Å². The Labute approximate surface area is 177 Å². The average molecular weight is 422 g/mol. The minimum atomic E-state index is -1.18. The van der Waals surface area contributed by atoms with Crippen molar-refractivity contribution in [1.82, 2.24) is 10.6 Å². The maximum absolute atomic E-state index is 12.8. The second-order valence-electron chi connectivity index (χ2n) is 7.37. The lowest BCUT2D eigenvalue weighted by Crippen LogP contribution is -2.50. The number of fused-ring (bicyclic) bond motifs is 1. The third-order valence-electron chi connectivity index (χ3n) is 4.73. The molecular weight excluding hydrogens is 400 g/mol. The zero-order chi connectivity index (χ0) is 22.5. The average Bonchev–Trinajstić information content (AvgIpc) is 2.75. The molecule has 0 saturated carbocycles. The lowest BCUT2D eigenvalue weighted by atomic mass is 10.0. The number of amides is 2. The highest BCUT2D eigenvalue weighted by atomic mass is 16.4. The highest BCUT2D eigenvalue weighted by molar-refractivity contribution is 5.99. The maximum atomic E-state index is 12.8. The number of carboxylic acids is 1. The van der Waals surface area contributed by atoms with Crippen LogP contribution in [0.5, 0.6) is 0 Å². The van der Waals surface area contributed by atoms with Gasteiger partial charge in [-0.15, -0.1) is 0 Å². The lowest BCUT2D eigenvalue weighted by molar-refractivity contribution is -0.138. The molecule has 2 aromatic carbocycles. The Morgan fingerprint density at radius 1 is 1.03 bits per heavy atom. The second-order valence-corrected chi connectivity index (χ2v) is 7.37. The number of nitrogens with one attached hydrogen (secondary N) is 2. The molecule has 1 atom stereocenters. The molecule has 8 nitrogen and oxygen atoms in total. The van der Waals surface area contributed by atoms with Crippen molar-refractivity contribution in [1.29, 1.82) is 0 Å². The summed E-state index contributed by atoms with van der Waals surface area (Å²) in [6, 6.07) is 14.3. The largest absolute Gasteiger partial charge is 0.480 e. The number of benzene rings is 2. The molecule has 3 N–H and O–H groups in total. The summed E-state index contributed by atoms with van der Waals surface area (Å²) in [6.07, 6.45) is 0. The van der Waals surface area contributed by atoms with Gasteiger partial charge in [-0.25, -0.2) is 4.79 Å². The van der Waals surface area contributed by atoms with Crippen molar-refractivity contribution in [3.63, 3.8) is 0 Å². The Bertz CT molecular complexity index is 1200. The van der Waals surface area contributed by atoms with Gasteiger partial charge in [0.25, 0.3) is 5.91 Å². The van der Waals surface area contributed by atoms with Gasteiger partial charge < -0.3 is 20.2 Å². The third-order valence-corrected chi connectivity index (χ3v) is 4.73. The summed E-state index contributed by atoms with van der Waals surface area (Å²) in [5.74, 6) is -2.55. The van der Waals surface area contributed by atoms with Gasteiger partial charge in [-0.1, -0.05) is 44.2 Å². The van der Waals surface area contributed by atoms with Crippen LogP contribution < -0.4 is 16.3 Å². The van der Waals surface area contributed by atoms with Crippen molar-refractivity contribution in [3.05, 3.63) is 70.6 Å². The number of hydrogen-bond acceptors (Lipinski definition) is 5. The van der Waals surface area contributed by atoms with E-state index in [0.717, 1.165) is 5.39 Å². The van der Waals surface area contributed by atoms with Crippen LogP contribution in [0.1, 0.15) is 24.2 Å². The molecule has 8 heteroatoms. The van der Waals surface area contributed by atoms with Crippen LogP contribution >= 0.6 is 0 Å². The highest BCUT2D eigenvalue weighted by Gasteiger charge is 2.25. The first kappa shape index (κ1) is 21.8. The van der Waals surface area contributed by atoms with Crippen LogP contribution in [-0.4, -0.2) is 35.5 Å². The predicted molar refractivity (Wildman–Crippen MR) is 115 cm³/mol. The number of aliphatic carboxylic acids is 1. The molecule has 1 aromatic heterocycles. The van der Waals surface area contributed by atoms with E-state index in [1.807, 2.05) is 12.1 Å². The van der Waals surface area contributed by atoms with Crippen LogP contribution in [0.4, 0.5) is 0 Å². The van der Waals surface area contributed by atoms with Crippen LogP contribution in [0.15, 0.2) is 63.8 Å². The fraction of sp³-hybridized carbons (Fsp3) is 0.217.